The van der Waals surface area contributed by atoms with Gasteiger partial charge in [-0.1, -0.05) is 30.3 Å². The number of nitrogens with zero attached hydrogens (tertiary/aromatic N) is 1. The largest absolute Gasteiger partial charge is 0.477 e. The lowest BCUT2D eigenvalue weighted by Crippen LogP contribution is -2.23. The molecule has 0 radical (unpaired) electrons. The number of carboxylic acids is 1. The minimum Gasteiger partial charge on any atom is -0.477 e. The van der Waals surface area contributed by atoms with Crippen LogP contribution in [0.2, 0.25) is 0 Å². The smallest absolute Gasteiger partial charge is 0.341 e. The Hall–Kier alpha value is -2.36. The maximum absolute atomic E-state index is 11.7. The summed E-state index contributed by atoms with van der Waals surface area (Å²) < 4.78 is 1.85. The molecule has 1 aromatic heterocycles. The van der Waals surface area contributed by atoms with Crippen LogP contribution in [0.25, 0.3) is 0 Å². The van der Waals surface area contributed by atoms with Crippen molar-refractivity contribution in [3.8, 4) is 0 Å². The van der Waals surface area contributed by atoms with Crippen LogP contribution in [0.4, 0.5) is 0 Å². The first-order chi connectivity index (χ1) is 9.00. The highest BCUT2D eigenvalue weighted by atomic mass is 16.4. The Balaban J connectivity index is 2.55. The molecule has 98 valence electrons. The van der Waals surface area contributed by atoms with Gasteiger partial charge in [-0.3, -0.25) is 4.79 Å². The lowest BCUT2D eigenvalue weighted by Gasteiger charge is -2.16. The van der Waals surface area contributed by atoms with E-state index < -0.39 is 11.4 Å². The van der Waals surface area contributed by atoms with Gasteiger partial charge in [0.05, 0.1) is 0 Å². The monoisotopic (exact) mass is 257 g/mol. The van der Waals surface area contributed by atoms with Gasteiger partial charge in [-0.15, -0.1) is 0 Å². The molecule has 0 fully saturated rings. The number of rotatable bonds is 3. The Labute approximate surface area is 110 Å². The van der Waals surface area contributed by atoms with Crippen molar-refractivity contribution >= 4 is 5.97 Å². The zero-order valence-corrected chi connectivity index (χ0v) is 10.9. The number of aromatic carboxylic acids is 1. The van der Waals surface area contributed by atoms with Crippen LogP contribution in [-0.4, -0.2) is 15.6 Å². The van der Waals surface area contributed by atoms with Crippen LogP contribution >= 0.6 is 0 Å². The standard InChI is InChI=1S/C15H15NO3/c1-10-8-13(17)14(15(18)19)11(2)16(10)9-12-6-4-3-5-7-12/h3-8H,9H2,1-2H3,(H,18,19). The summed E-state index contributed by atoms with van der Waals surface area (Å²) in [5.74, 6) is -1.18. The Morgan fingerprint density at radius 1 is 1.21 bits per heavy atom. The van der Waals surface area contributed by atoms with Gasteiger partial charge < -0.3 is 9.67 Å². The van der Waals surface area contributed by atoms with Crippen molar-refractivity contribution in [3.05, 3.63) is 69.1 Å². The Morgan fingerprint density at radius 2 is 1.84 bits per heavy atom. The summed E-state index contributed by atoms with van der Waals surface area (Å²) in [7, 11) is 0. The highest BCUT2D eigenvalue weighted by molar-refractivity contribution is 5.88. The van der Waals surface area contributed by atoms with Crippen LogP contribution < -0.4 is 5.43 Å². The molecule has 0 spiro atoms. The molecular weight excluding hydrogens is 242 g/mol. The van der Waals surface area contributed by atoms with Crippen molar-refractivity contribution in [2.24, 2.45) is 0 Å². The highest BCUT2D eigenvalue weighted by Gasteiger charge is 2.16. The fraction of sp³-hybridized carbons (Fsp3) is 0.200. The lowest BCUT2D eigenvalue weighted by molar-refractivity contribution is 0.0693. The van der Waals surface area contributed by atoms with Crippen LogP contribution in [-0.2, 0) is 6.54 Å². The molecule has 19 heavy (non-hydrogen) atoms. The summed E-state index contributed by atoms with van der Waals surface area (Å²) in [6.45, 7) is 4.03. The number of carbonyl (C=O) groups is 1. The first kappa shape index (κ1) is 13.1. The van der Waals surface area contributed by atoms with Crippen molar-refractivity contribution in [2.45, 2.75) is 20.4 Å². The molecule has 0 unspecified atom stereocenters. The second-order valence-electron chi connectivity index (χ2n) is 4.49. The van der Waals surface area contributed by atoms with Crippen LogP contribution in [0, 0.1) is 13.8 Å². The van der Waals surface area contributed by atoms with E-state index in [1.165, 1.54) is 6.07 Å². The molecule has 0 aliphatic carbocycles. The normalized spacial score (nSPS) is 10.4. The number of hydrogen-bond donors (Lipinski definition) is 1. The lowest BCUT2D eigenvalue weighted by atomic mass is 10.1. The predicted molar refractivity (Wildman–Crippen MR) is 72.7 cm³/mol. The second kappa shape index (κ2) is 5.10. The maximum atomic E-state index is 11.7. The first-order valence-corrected chi connectivity index (χ1v) is 5.99. The van der Waals surface area contributed by atoms with E-state index >= 15 is 0 Å². The minimum atomic E-state index is -1.18. The summed E-state index contributed by atoms with van der Waals surface area (Å²) in [4.78, 5) is 22.9. The van der Waals surface area contributed by atoms with Crippen LogP contribution in [0.15, 0.2) is 41.2 Å². The average molecular weight is 257 g/mol. The Kier molecular flexibility index (Phi) is 3.51. The van der Waals surface area contributed by atoms with Crippen molar-refractivity contribution in [1.29, 1.82) is 0 Å². The molecule has 1 aromatic carbocycles. The molecule has 2 rings (SSSR count). The second-order valence-corrected chi connectivity index (χ2v) is 4.49. The fourth-order valence-electron chi connectivity index (χ4n) is 2.19. The third kappa shape index (κ3) is 2.57. The average Bonchev–Trinajstić information content (AvgIpc) is 2.35. The quantitative estimate of drug-likeness (QED) is 0.917. The molecular formula is C15H15NO3. The Bertz CT molecular complexity index is 672. The van der Waals surface area contributed by atoms with Crippen molar-refractivity contribution in [2.75, 3.05) is 0 Å². The van der Waals surface area contributed by atoms with E-state index in [-0.39, 0.29) is 5.56 Å². The number of pyridine rings is 1. The van der Waals surface area contributed by atoms with E-state index in [0.29, 0.717) is 12.2 Å². The molecule has 0 saturated heterocycles. The van der Waals surface area contributed by atoms with Gasteiger partial charge in [0.1, 0.15) is 5.56 Å². The van der Waals surface area contributed by atoms with E-state index in [2.05, 4.69) is 0 Å². The molecule has 1 N–H and O–H groups in total. The van der Waals surface area contributed by atoms with Crippen molar-refractivity contribution in [3.63, 3.8) is 0 Å². The summed E-state index contributed by atoms with van der Waals surface area (Å²) in [6.07, 6.45) is 0. The molecule has 0 aliphatic rings. The van der Waals surface area contributed by atoms with Gasteiger partial charge in [-0.05, 0) is 19.4 Å². The van der Waals surface area contributed by atoms with Crippen molar-refractivity contribution in [1.82, 2.24) is 4.57 Å². The van der Waals surface area contributed by atoms with Crippen LogP contribution in [0.3, 0.4) is 0 Å². The molecule has 4 heteroatoms. The molecule has 0 saturated carbocycles. The fourth-order valence-corrected chi connectivity index (χ4v) is 2.19. The van der Waals surface area contributed by atoms with Gasteiger partial charge in [0.25, 0.3) is 0 Å². The number of aryl methyl sites for hydroxylation is 1. The third-order valence-electron chi connectivity index (χ3n) is 3.18. The van der Waals surface area contributed by atoms with E-state index in [1.54, 1.807) is 6.92 Å². The highest BCUT2D eigenvalue weighted by Crippen LogP contribution is 2.11. The van der Waals surface area contributed by atoms with Gasteiger partial charge in [-0.25, -0.2) is 4.79 Å². The molecule has 0 bridgehead atoms. The van der Waals surface area contributed by atoms with E-state index in [1.807, 2.05) is 41.8 Å². The number of carboxylic acid groups (broad SMARTS) is 1. The van der Waals surface area contributed by atoms with Gasteiger partial charge in [0, 0.05) is 24.0 Å². The molecule has 1 heterocycles. The Morgan fingerprint density at radius 3 is 2.42 bits per heavy atom. The number of aromatic nitrogens is 1. The topological polar surface area (TPSA) is 59.3 Å². The van der Waals surface area contributed by atoms with Gasteiger partial charge >= 0.3 is 5.97 Å². The van der Waals surface area contributed by atoms with Gasteiger partial charge in [-0.2, -0.15) is 0 Å². The molecule has 0 amide bonds. The number of hydrogen-bond acceptors (Lipinski definition) is 2. The first-order valence-electron chi connectivity index (χ1n) is 5.99. The minimum absolute atomic E-state index is 0.151. The predicted octanol–water partition coefficient (Wildman–Crippen LogP) is 2.21. The van der Waals surface area contributed by atoms with E-state index in [4.69, 9.17) is 5.11 Å². The maximum Gasteiger partial charge on any atom is 0.341 e. The zero-order chi connectivity index (χ0) is 14.0. The zero-order valence-electron chi connectivity index (χ0n) is 10.9. The summed E-state index contributed by atoms with van der Waals surface area (Å²) in [6, 6.07) is 11.1. The molecule has 4 nitrogen and oxygen atoms in total. The molecule has 0 aliphatic heterocycles. The number of benzene rings is 1. The molecule has 0 atom stereocenters. The summed E-state index contributed by atoms with van der Waals surface area (Å²) in [5.41, 5.74) is 1.72. The van der Waals surface area contributed by atoms with E-state index in [9.17, 15) is 9.59 Å². The summed E-state index contributed by atoms with van der Waals surface area (Å²) >= 11 is 0. The van der Waals surface area contributed by atoms with Gasteiger partial charge in [0.15, 0.2) is 5.43 Å². The van der Waals surface area contributed by atoms with Gasteiger partial charge in [0.2, 0.25) is 0 Å². The third-order valence-corrected chi connectivity index (χ3v) is 3.18. The molecule has 2 aromatic rings. The van der Waals surface area contributed by atoms with E-state index in [0.717, 1.165) is 11.3 Å². The summed E-state index contributed by atoms with van der Waals surface area (Å²) in [5, 5.41) is 9.11. The SMILES string of the molecule is Cc1cc(=O)c(C(=O)O)c(C)n1Cc1ccccc1. The van der Waals surface area contributed by atoms with Crippen LogP contribution in [0.5, 0.6) is 0 Å². The van der Waals surface area contributed by atoms with Crippen LogP contribution in [0.1, 0.15) is 27.3 Å². The van der Waals surface area contributed by atoms with Crippen molar-refractivity contribution < 1.29 is 9.90 Å².